The van der Waals surface area contributed by atoms with Crippen LogP contribution >= 0.6 is 0 Å². The van der Waals surface area contributed by atoms with Gasteiger partial charge in [-0.25, -0.2) is 9.50 Å². The van der Waals surface area contributed by atoms with E-state index in [2.05, 4.69) is 32.2 Å². The normalized spacial score (nSPS) is 14.0. The molecule has 0 spiro atoms. The van der Waals surface area contributed by atoms with Gasteiger partial charge in [0, 0.05) is 48.6 Å². The Bertz CT molecular complexity index is 958. The van der Waals surface area contributed by atoms with Gasteiger partial charge in [-0.1, -0.05) is 6.92 Å². The molecule has 8 heteroatoms. The average molecular weight is 353 g/mol. The number of aromatic amines is 1. The molecule has 1 N–H and O–H groups in total. The third-order valence-corrected chi connectivity index (χ3v) is 5.28. The monoisotopic (exact) mass is 353 g/mol. The third-order valence-electron chi connectivity index (χ3n) is 5.28. The number of rotatable bonds is 4. The van der Waals surface area contributed by atoms with E-state index in [9.17, 15) is 4.79 Å². The molecule has 0 fully saturated rings. The zero-order valence-corrected chi connectivity index (χ0v) is 15.4. The summed E-state index contributed by atoms with van der Waals surface area (Å²) >= 11 is 0. The van der Waals surface area contributed by atoms with Crippen LogP contribution in [0.1, 0.15) is 47.2 Å². The molecule has 0 atom stereocenters. The van der Waals surface area contributed by atoms with Crippen LogP contribution in [-0.4, -0.2) is 47.1 Å². The van der Waals surface area contributed by atoms with Crippen molar-refractivity contribution in [3.63, 3.8) is 0 Å². The highest BCUT2D eigenvalue weighted by Crippen LogP contribution is 2.22. The first-order chi connectivity index (χ1) is 12.6. The fourth-order valence-electron chi connectivity index (χ4n) is 3.77. The summed E-state index contributed by atoms with van der Waals surface area (Å²) in [5, 5.41) is 11.7. The maximum atomic E-state index is 12.8. The summed E-state index contributed by atoms with van der Waals surface area (Å²) in [6, 6.07) is 0. The van der Waals surface area contributed by atoms with Gasteiger partial charge in [0.25, 0.3) is 5.78 Å². The molecular weight excluding hydrogens is 330 g/mol. The van der Waals surface area contributed by atoms with Gasteiger partial charge in [-0.3, -0.25) is 9.89 Å². The van der Waals surface area contributed by atoms with Crippen LogP contribution in [0.15, 0.2) is 6.33 Å². The second-order valence-corrected chi connectivity index (χ2v) is 6.78. The summed E-state index contributed by atoms with van der Waals surface area (Å²) in [7, 11) is 0. The SMILES string of the molecule is CCc1n[nH]c2c1CN(C(=O)CCc1c(C)nc3ncnn3c1C)CC2. The maximum Gasteiger partial charge on any atom is 0.252 e. The van der Waals surface area contributed by atoms with Gasteiger partial charge >= 0.3 is 0 Å². The van der Waals surface area contributed by atoms with Gasteiger partial charge in [0.15, 0.2) is 0 Å². The van der Waals surface area contributed by atoms with Crippen LogP contribution in [0.25, 0.3) is 5.78 Å². The Morgan fingerprint density at radius 1 is 1.35 bits per heavy atom. The van der Waals surface area contributed by atoms with E-state index in [4.69, 9.17) is 0 Å². The molecule has 4 heterocycles. The van der Waals surface area contributed by atoms with Gasteiger partial charge in [0.2, 0.25) is 5.91 Å². The Balaban J connectivity index is 1.48. The third kappa shape index (κ3) is 2.75. The number of hydrogen-bond donors (Lipinski definition) is 1. The number of fused-ring (bicyclic) bond motifs is 2. The molecule has 136 valence electrons. The average Bonchev–Trinajstić information content (AvgIpc) is 3.27. The highest BCUT2D eigenvalue weighted by molar-refractivity contribution is 5.77. The number of amides is 1. The standard InChI is InChI=1S/C18H23N7O/c1-4-15-14-9-24(8-7-16(14)23-22-15)17(26)6-5-13-11(2)21-18-19-10-20-25(18)12(13)3/h10H,4-9H2,1-3H3,(H,22,23). The van der Waals surface area contributed by atoms with Gasteiger partial charge in [0.1, 0.15) is 6.33 Å². The van der Waals surface area contributed by atoms with Crippen molar-refractivity contribution in [2.45, 2.75) is 53.0 Å². The highest BCUT2D eigenvalue weighted by atomic mass is 16.2. The lowest BCUT2D eigenvalue weighted by Gasteiger charge is -2.27. The molecule has 0 radical (unpaired) electrons. The van der Waals surface area contributed by atoms with E-state index in [1.807, 2.05) is 18.7 Å². The molecule has 0 saturated heterocycles. The van der Waals surface area contributed by atoms with Crippen molar-refractivity contribution in [1.82, 2.24) is 34.7 Å². The molecule has 0 unspecified atom stereocenters. The Labute approximate surface area is 151 Å². The molecule has 3 aromatic heterocycles. The topological polar surface area (TPSA) is 92.1 Å². The summed E-state index contributed by atoms with van der Waals surface area (Å²) in [4.78, 5) is 23.4. The highest BCUT2D eigenvalue weighted by Gasteiger charge is 2.24. The van der Waals surface area contributed by atoms with Gasteiger partial charge in [0.05, 0.1) is 5.69 Å². The van der Waals surface area contributed by atoms with Crippen molar-refractivity contribution in [3.8, 4) is 0 Å². The summed E-state index contributed by atoms with van der Waals surface area (Å²) < 4.78 is 1.74. The van der Waals surface area contributed by atoms with Crippen LogP contribution in [0.4, 0.5) is 0 Å². The number of aromatic nitrogens is 6. The molecule has 0 aliphatic carbocycles. The largest absolute Gasteiger partial charge is 0.338 e. The second-order valence-electron chi connectivity index (χ2n) is 6.78. The first kappa shape index (κ1) is 16.7. The van der Waals surface area contributed by atoms with Crippen molar-refractivity contribution >= 4 is 11.7 Å². The Kier molecular flexibility index (Phi) is 4.18. The van der Waals surface area contributed by atoms with E-state index in [1.54, 1.807) is 4.52 Å². The van der Waals surface area contributed by atoms with Crippen molar-refractivity contribution in [3.05, 3.63) is 40.2 Å². The first-order valence-corrected chi connectivity index (χ1v) is 9.07. The number of carbonyl (C=O) groups excluding carboxylic acids is 1. The fourth-order valence-corrected chi connectivity index (χ4v) is 3.77. The van der Waals surface area contributed by atoms with E-state index in [0.29, 0.717) is 25.2 Å². The summed E-state index contributed by atoms with van der Waals surface area (Å²) in [5.41, 5.74) is 6.45. The predicted octanol–water partition coefficient (Wildman–Crippen LogP) is 1.54. The molecule has 0 aromatic carbocycles. The molecule has 3 aromatic rings. The van der Waals surface area contributed by atoms with Crippen LogP contribution < -0.4 is 0 Å². The lowest BCUT2D eigenvalue weighted by molar-refractivity contribution is -0.132. The zero-order chi connectivity index (χ0) is 18.3. The van der Waals surface area contributed by atoms with Crippen molar-refractivity contribution < 1.29 is 4.79 Å². The van der Waals surface area contributed by atoms with Crippen LogP contribution in [0, 0.1) is 13.8 Å². The molecule has 1 aliphatic rings. The molecule has 0 saturated carbocycles. The van der Waals surface area contributed by atoms with Crippen LogP contribution in [-0.2, 0) is 30.6 Å². The lowest BCUT2D eigenvalue weighted by atomic mass is 10.0. The van der Waals surface area contributed by atoms with Gasteiger partial charge in [-0.05, 0) is 32.3 Å². The molecule has 8 nitrogen and oxygen atoms in total. The number of nitrogens with zero attached hydrogens (tertiary/aromatic N) is 6. The quantitative estimate of drug-likeness (QED) is 0.768. The van der Waals surface area contributed by atoms with E-state index < -0.39 is 0 Å². The minimum absolute atomic E-state index is 0.177. The van der Waals surface area contributed by atoms with E-state index >= 15 is 0 Å². The van der Waals surface area contributed by atoms with Crippen molar-refractivity contribution in [2.75, 3.05) is 6.54 Å². The number of aryl methyl sites for hydroxylation is 3. The Morgan fingerprint density at radius 2 is 2.19 bits per heavy atom. The predicted molar refractivity (Wildman–Crippen MR) is 95.7 cm³/mol. The van der Waals surface area contributed by atoms with Gasteiger partial charge in [-0.15, -0.1) is 0 Å². The number of H-pyrrole nitrogens is 1. The summed E-state index contributed by atoms with van der Waals surface area (Å²) in [5.74, 6) is 0.780. The fraction of sp³-hybridized carbons (Fsp3) is 0.500. The van der Waals surface area contributed by atoms with Crippen LogP contribution in [0.5, 0.6) is 0 Å². The van der Waals surface area contributed by atoms with E-state index in [-0.39, 0.29) is 5.91 Å². The van der Waals surface area contributed by atoms with Gasteiger partial charge in [-0.2, -0.15) is 15.2 Å². The Morgan fingerprint density at radius 3 is 3.00 bits per heavy atom. The smallest absolute Gasteiger partial charge is 0.252 e. The lowest BCUT2D eigenvalue weighted by Crippen LogP contribution is -2.36. The molecular formula is C18H23N7O. The number of nitrogens with one attached hydrogen (secondary N) is 1. The van der Waals surface area contributed by atoms with Gasteiger partial charge < -0.3 is 4.90 Å². The minimum Gasteiger partial charge on any atom is -0.338 e. The van der Waals surface area contributed by atoms with E-state index in [1.165, 1.54) is 17.6 Å². The molecule has 1 aliphatic heterocycles. The first-order valence-electron chi connectivity index (χ1n) is 9.07. The summed E-state index contributed by atoms with van der Waals surface area (Å²) in [6.07, 6.45) is 4.37. The van der Waals surface area contributed by atoms with Crippen molar-refractivity contribution in [1.29, 1.82) is 0 Å². The van der Waals surface area contributed by atoms with E-state index in [0.717, 1.165) is 42.0 Å². The van der Waals surface area contributed by atoms with Crippen LogP contribution in [0.3, 0.4) is 0 Å². The second kappa shape index (κ2) is 6.51. The molecule has 4 rings (SSSR count). The molecule has 0 bridgehead atoms. The minimum atomic E-state index is 0.177. The molecule has 1 amide bonds. The zero-order valence-electron chi connectivity index (χ0n) is 15.4. The molecule has 26 heavy (non-hydrogen) atoms. The maximum absolute atomic E-state index is 12.8. The Hall–Kier alpha value is -2.77. The number of hydrogen-bond acceptors (Lipinski definition) is 5. The van der Waals surface area contributed by atoms with Crippen LogP contribution in [0.2, 0.25) is 0 Å². The number of carbonyl (C=O) groups is 1. The summed E-state index contributed by atoms with van der Waals surface area (Å²) in [6.45, 7) is 7.47. The van der Waals surface area contributed by atoms with Crippen molar-refractivity contribution in [2.24, 2.45) is 0 Å².